The molecule has 5 heteroatoms. The Labute approximate surface area is 72.4 Å². The first-order chi connectivity index (χ1) is 5.61. The number of hydrogen-bond donors (Lipinski definition) is 1. The summed E-state index contributed by atoms with van der Waals surface area (Å²) in [6, 6.07) is 0. The molecule has 0 bridgehead atoms. The highest BCUT2D eigenvalue weighted by atomic mass is 32.1. The number of carbonyl (C=O) groups is 1. The van der Waals surface area contributed by atoms with E-state index < -0.39 is 5.97 Å². The molecule has 0 atom stereocenters. The molecule has 1 heterocycles. The Morgan fingerprint density at radius 2 is 2.42 bits per heavy atom. The minimum atomic E-state index is -1.08. The van der Waals surface area contributed by atoms with Crippen molar-refractivity contribution < 1.29 is 9.90 Å². The van der Waals surface area contributed by atoms with Gasteiger partial charge in [0.2, 0.25) is 0 Å². The summed E-state index contributed by atoms with van der Waals surface area (Å²) < 4.78 is 1.31. The van der Waals surface area contributed by atoms with Crippen LogP contribution in [-0.4, -0.2) is 15.6 Å². The molecule has 0 saturated heterocycles. The van der Waals surface area contributed by atoms with Gasteiger partial charge in [-0.05, 0) is 0 Å². The quantitative estimate of drug-likeness (QED) is 0.699. The maximum Gasteiger partial charge on any atom is 0.332 e. The summed E-state index contributed by atoms with van der Waals surface area (Å²) in [6.45, 7) is 3.37. The molecule has 0 amide bonds. The van der Waals surface area contributed by atoms with Gasteiger partial charge < -0.3 is 9.67 Å². The summed E-state index contributed by atoms with van der Waals surface area (Å²) in [5.41, 5.74) is 0.00972. The number of hydrogen-bond acceptors (Lipinski definition) is 3. The molecular formula is C7H7NO3S. The smallest absolute Gasteiger partial charge is 0.332 e. The van der Waals surface area contributed by atoms with Crippen LogP contribution in [0, 0.1) is 0 Å². The van der Waals surface area contributed by atoms with Gasteiger partial charge >= 0.3 is 10.8 Å². The van der Waals surface area contributed by atoms with Crippen LogP contribution in [0.3, 0.4) is 0 Å². The molecule has 0 unspecified atom stereocenters. The highest BCUT2D eigenvalue weighted by Crippen LogP contribution is 1.96. The Kier molecular flexibility index (Phi) is 2.44. The lowest BCUT2D eigenvalue weighted by molar-refractivity contribution is -0.132. The highest BCUT2D eigenvalue weighted by molar-refractivity contribution is 7.07. The fourth-order valence-corrected chi connectivity index (χ4v) is 1.27. The SMILES string of the molecule is C=C(Cn1ccsc1=O)C(=O)O. The second kappa shape index (κ2) is 3.36. The maximum absolute atomic E-state index is 10.9. The van der Waals surface area contributed by atoms with E-state index >= 15 is 0 Å². The van der Waals surface area contributed by atoms with Crippen molar-refractivity contribution in [3.63, 3.8) is 0 Å². The van der Waals surface area contributed by atoms with Crippen LogP contribution in [0.2, 0.25) is 0 Å². The second-order valence-electron chi connectivity index (χ2n) is 2.21. The van der Waals surface area contributed by atoms with Crippen LogP contribution in [0.15, 0.2) is 28.5 Å². The molecule has 4 nitrogen and oxygen atoms in total. The van der Waals surface area contributed by atoms with Crippen molar-refractivity contribution in [1.29, 1.82) is 0 Å². The summed E-state index contributed by atoms with van der Waals surface area (Å²) in [5.74, 6) is -1.08. The first-order valence-electron chi connectivity index (χ1n) is 3.16. The zero-order valence-electron chi connectivity index (χ0n) is 6.19. The minimum Gasteiger partial charge on any atom is -0.478 e. The van der Waals surface area contributed by atoms with Gasteiger partial charge in [0.25, 0.3) is 0 Å². The average molecular weight is 185 g/mol. The number of carboxylic acids is 1. The van der Waals surface area contributed by atoms with Crippen molar-refractivity contribution in [3.05, 3.63) is 33.4 Å². The van der Waals surface area contributed by atoms with E-state index in [0.717, 1.165) is 11.3 Å². The largest absolute Gasteiger partial charge is 0.478 e. The van der Waals surface area contributed by atoms with Gasteiger partial charge in [0, 0.05) is 17.2 Å². The number of carboxylic acid groups (broad SMARTS) is 1. The third-order valence-electron chi connectivity index (χ3n) is 1.31. The summed E-state index contributed by atoms with van der Waals surface area (Å²) >= 11 is 1.03. The van der Waals surface area contributed by atoms with Crippen molar-refractivity contribution in [1.82, 2.24) is 4.57 Å². The zero-order valence-corrected chi connectivity index (χ0v) is 7.00. The molecule has 0 spiro atoms. The van der Waals surface area contributed by atoms with Crippen molar-refractivity contribution in [2.45, 2.75) is 6.54 Å². The predicted molar refractivity (Wildman–Crippen MR) is 45.4 cm³/mol. The number of aromatic nitrogens is 1. The number of thiazole rings is 1. The van der Waals surface area contributed by atoms with Gasteiger partial charge in [-0.15, -0.1) is 0 Å². The Balaban J connectivity index is 2.77. The first-order valence-corrected chi connectivity index (χ1v) is 4.04. The number of rotatable bonds is 3. The molecule has 0 saturated carbocycles. The molecule has 64 valence electrons. The van der Waals surface area contributed by atoms with Gasteiger partial charge in [-0.25, -0.2) is 4.79 Å². The maximum atomic E-state index is 10.9. The van der Waals surface area contributed by atoms with Crippen molar-refractivity contribution >= 4 is 17.3 Å². The Morgan fingerprint density at radius 3 is 2.83 bits per heavy atom. The standard InChI is InChI=1S/C7H7NO3S/c1-5(6(9)10)4-8-2-3-12-7(8)11/h2-3H,1,4H2,(H,9,10). The monoisotopic (exact) mass is 185 g/mol. The molecule has 0 aliphatic heterocycles. The summed E-state index contributed by atoms with van der Waals surface area (Å²) in [5, 5.41) is 10.1. The van der Waals surface area contributed by atoms with E-state index in [4.69, 9.17) is 5.11 Å². The zero-order chi connectivity index (χ0) is 9.14. The van der Waals surface area contributed by atoms with E-state index in [9.17, 15) is 9.59 Å². The van der Waals surface area contributed by atoms with Crippen molar-refractivity contribution in [2.75, 3.05) is 0 Å². The van der Waals surface area contributed by atoms with E-state index in [0.29, 0.717) is 0 Å². The number of nitrogens with zero attached hydrogens (tertiary/aromatic N) is 1. The van der Waals surface area contributed by atoms with Crippen LogP contribution in [0.1, 0.15) is 0 Å². The molecule has 12 heavy (non-hydrogen) atoms. The fraction of sp³-hybridized carbons (Fsp3) is 0.143. The Bertz CT molecular complexity index is 363. The molecule has 1 N–H and O–H groups in total. The fourth-order valence-electron chi connectivity index (χ4n) is 0.681. The molecular weight excluding hydrogens is 178 g/mol. The van der Waals surface area contributed by atoms with Gasteiger partial charge in [0.05, 0.1) is 6.54 Å². The molecule has 0 aromatic carbocycles. The normalized spacial score (nSPS) is 9.67. The molecule has 0 aliphatic rings. The van der Waals surface area contributed by atoms with Crippen LogP contribution in [0.4, 0.5) is 0 Å². The molecule has 1 rings (SSSR count). The van der Waals surface area contributed by atoms with Crippen LogP contribution in [-0.2, 0) is 11.3 Å². The Morgan fingerprint density at radius 1 is 1.75 bits per heavy atom. The molecule has 0 radical (unpaired) electrons. The summed E-state index contributed by atoms with van der Waals surface area (Å²) in [4.78, 5) is 21.1. The van der Waals surface area contributed by atoms with Crippen LogP contribution in [0.5, 0.6) is 0 Å². The van der Waals surface area contributed by atoms with Crippen molar-refractivity contribution in [2.24, 2.45) is 0 Å². The Hall–Kier alpha value is -1.36. The lowest BCUT2D eigenvalue weighted by Crippen LogP contribution is -2.16. The van der Waals surface area contributed by atoms with E-state index in [1.54, 1.807) is 11.6 Å². The molecule has 0 fully saturated rings. The molecule has 1 aromatic rings. The minimum absolute atomic E-state index is 0.00972. The van der Waals surface area contributed by atoms with Crippen molar-refractivity contribution in [3.8, 4) is 0 Å². The molecule has 1 aromatic heterocycles. The lowest BCUT2D eigenvalue weighted by Gasteiger charge is -1.98. The summed E-state index contributed by atoms with van der Waals surface area (Å²) in [7, 11) is 0. The van der Waals surface area contributed by atoms with Gasteiger partial charge in [-0.1, -0.05) is 17.9 Å². The van der Waals surface area contributed by atoms with Crippen LogP contribution < -0.4 is 4.87 Å². The summed E-state index contributed by atoms with van der Waals surface area (Å²) in [6.07, 6.45) is 1.54. The average Bonchev–Trinajstić information content (AvgIpc) is 2.36. The van der Waals surface area contributed by atoms with Gasteiger partial charge in [0.1, 0.15) is 0 Å². The highest BCUT2D eigenvalue weighted by Gasteiger charge is 2.05. The molecule has 0 aliphatic carbocycles. The van der Waals surface area contributed by atoms with E-state index in [-0.39, 0.29) is 17.0 Å². The van der Waals surface area contributed by atoms with E-state index in [1.807, 2.05) is 0 Å². The third kappa shape index (κ3) is 1.82. The first kappa shape index (κ1) is 8.73. The van der Waals surface area contributed by atoms with Gasteiger partial charge in [0.15, 0.2) is 0 Å². The van der Waals surface area contributed by atoms with Gasteiger partial charge in [-0.3, -0.25) is 4.79 Å². The second-order valence-corrected chi connectivity index (χ2v) is 3.06. The topological polar surface area (TPSA) is 59.3 Å². The van der Waals surface area contributed by atoms with Crippen LogP contribution >= 0.6 is 11.3 Å². The number of aliphatic carboxylic acids is 1. The lowest BCUT2D eigenvalue weighted by atomic mass is 10.3. The predicted octanol–water partition coefficient (Wildman–Crippen LogP) is 0.551. The van der Waals surface area contributed by atoms with Crippen LogP contribution in [0.25, 0.3) is 0 Å². The van der Waals surface area contributed by atoms with E-state index in [2.05, 4.69) is 6.58 Å². The van der Waals surface area contributed by atoms with Gasteiger partial charge in [-0.2, -0.15) is 0 Å². The van der Waals surface area contributed by atoms with E-state index in [1.165, 1.54) is 4.57 Å². The third-order valence-corrected chi connectivity index (χ3v) is 2.00.